The van der Waals surface area contributed by atoms with Crippen molar-refractivity contribution in [1.82, 2.24) is 0 Å². The van der Waals surface area contributed by atoms with E-state index in [-0.39, 0.29) is 74.4 Å². The van der Waals surface area contributed by atoms with E-state index in [4.69, 9.17) is 15.0 Å². The summed E-state index contributed by atoms with van der Waals surface area (Å²) in [7, 11) is 0. The molecule has 5 heteroatoms. The Labute approximate surface area is 93.7 Å². The third-order valence-corrected chi connectivity index (χ3v) is 0. The van der Waals surface area contributed by atoms with Crippen LogP contribution >= 0.6 is 0 Å². The average Bonchev–Trinajstić information content (AvgIpc) is 0.811. The van der Waals surface area contributed by atoms with Crippen molar-refractivity contribution in [3.05, 3.63) is 0 Å². The Bertz CT molecular complexity index is 33.8. The van der Waals surface area contributed by atoms with Crippen molar-refractivity contribution in [2.24, 2.45) is 0 Å². The minimum atomic E-state index is -2.08. The molecule has 0 aliphatic rings. The van der Waals surface area contributed by atoms with Crippen LogP contribution in [0.4, 0.5) is 4.79 Å². The maximum Gasteiger partial charge on any atom is 1.00 e. The predicted molar refractivity (Wildman–Crippen MR) is 16.6 cm³/mol. The summed E-state index contributed by atoms with van der Waals surface area (Å²) in [5.41, 5.74) is 0. The van der Waals surface area contributed by atoms with E-state index in [0.717, 1.165) is 0 Å². The molecular formula is CH3KMgO3. The Morgan fingerprint density at radius 2 is 1.67 bits per heavy atom. The molecule has 28 valence electrons. The summed E-state index contributed by atoms with van der Waals surface area (Å²) >= 11 is 0. The van der Waals surface area contributed by atoms with Gasteiger partial charge in [0.1, 0.15) is 0 Å². The van der Waals surface area contributed by atoms with E-state index in [0.29, 0.717) is 0 Å². The number of carbonyl (C=O) groups is 1. The van der Waals surface area contributed by atoms with Crippen LogP contribution in [0.25, 0.3) is 0 Å². The largest absolute Gasteiger partial charge is 1.00 e. The fraction of sp³-hybridized carbons (Fsp3) is 0. The first-order valence-corrected chi connectivity index (χ1v) is 0.632. The zero-order valence-corrected chi connectivity index (χ0v) is 5.89. The van der Waals surface area contributed by atoms with Crippen LogP contribution in [0, 0.1) is 0 Å². The van der Waals surface area contributed by atoms with E-state index >= 15 is 0 Å². The predicted octanol–water partition coefficient (Wildman–Crippen LogP) is -5.02. The quantitative estimate of drug-likeness (QED) is 0.331. The molecule has 1 N–H and O–H groups in total. The minimum Gasteiger partial charge on any atom is -0.565 e. The smallest absolute Gasteiger partial charge is 0.565 e. The molecule has 0 aromatic rings. The monoisotopic (exact) mass is 126 g/mol. The molecule has 0 atom stereocenters. The minimum absolute atomic E-state index is 0. The van der Waals surface area contributed by atoms with Gasteiger partial charge in [0.2, 0.25) is 6.16 Å². The first-order valence-electron chi connectivity index (χ1n) is 0.632. The van der Waals surface area contributed by atoms with E-state index in [9.17, 15) is 0 Å². The molecule has 0 aromatic heterocycles. The molecule has 0 aliphatic carbocycles. The van der Waals surface area contributed by atoms with Crippen LogP contribution < -0.4 is 56.5 Å². The van der Waals surface area contributed by atoms with Gasteiger partial charge in [-0.05, 0) is 0 Å². The van der Waals surface area contributed by atoms with Crippen LogP contribution in [0.3, 0.4) is 0 Å². The molecule has 0 aliphatic heterocycles. The van der Waals surface area contributed by atoms with Crippen molar-refractivity contribution in [2.45, 2.75) is 0 Å². The molecule has 0 radical (unpaired) electrons. The first-order chi connectivity index (χ1) is 1.73. The fourth-order valence-corrected chi connectivity index (χ4v) is 0. The Balaban J connectivity index is -0.0000000450. The number of carboxylic acid groups (broad SMARTS) is 2. The van der Waals surface area contributed by atoms with Crippen molar-refractivity contribution in [3.8, 4) is 0 Å². The summed E-state index contributed by atoms with van der Waals surface area (Å²) in [6.07, 6.45) is -2.08. The molecule has 6 heavy (non-hydrogen) atoms. The van der Waals surface area contributed by atoms with Crippen LogP contribution in [0.2, 0.25) is 0 Å². The molecule has 3 nitrogen and oxygen atoms in total. The van der Waals surface area contributed by atoms with Gasteiger partial charge in [-0.3, -0.25) is 0 Å². The molecule has 0 amide bonds. The second-order valence-corrected chi connectivity index (χ2v) is 0.266. The van der Waals surface area contributed by atoms with Crippen molar-refractivity contribution >= 4 is 29.2 Å². The standard InChI is InChI=1S/CH2O3.K.Mg.2H/c2-1(3)4;;;;/h(H2,2,3,4);;;;/q;+1;;;/p-1. The second-order valence-electron chi connectivity index (χ2n) is 0.266. The third kappa shape index (κ3) is 44.3. The molecule has 0 heterocycles. The maximum atomic E-state index is 8.44. The van der Waals surface area contributed by atoms with Gasteiger partial charge in [-0.2, -0.15) is 0 Å². The van der Waals surface area contributed by atoms with Gasteiger partial charge in [0.25, 0.3) is 0 Å². The summed E-state index contributed by atoms with van der Waals surface area (Å²) in [6.45, 7) is 0. The van der Waals surface area contributed by atoms with E-state index in [2.05, 4.69) is 0 Å². The molecule has 0 saturated heterocycles. The SMILES string of the molecule is O=C([O-])O.[K+].[MgH2]. The molecule has 0 fully saturated rings. The van der Waals surface area contributed by atoms with Crippen LogP contribution in [0.5, 0.6) is 0 Å². The van der Waals surface area contributed by atoms with E-state index < -0.39 is 6.16 Å². The van der Waals surface area contributed by atoms with Crippen LogP contribution in [-0.4, -0.2) is 34.3 Å². The number of hydrogen-bond donors (Lipinski definition) is 1. The average molecular weight is 126 g/mol. The fourth-order valence-electron chi connectivity index (χ4n) is 0. The van der Waals surface area contributed by atoms with Crippen molar-refractivity contribution < 1.29 is 66.4 Å². The molecule has 0 bridgehead atoms. The summed E-state index contributed by atoms with van der Waals surface area (Å²) < 4.78 is 0. The zero-order valence-electron chi connectivity index (χ0n) is 2.76. The summed E-state index contributed by atoms with van der Waals surface area (Å²) in [6, 6.07) is 0. The van der Waals surface area contributed by atoms with Crippen LogP contribution in [-0.2, 0) is 0 Å². The zero-order chi connectivity index (χ0) is 3.58. The molecule has 0 spiro atoms. The summed E-state index contributed by atoms with van der Waals surface area (Å²) in [5, 5.41) is 15.3. The molecule has 0 rings (SSSR count). The van der Waals surface area contributed by atoms with Crippen LogP contribution in [0.1, 0.15) is 0 Å². The van der Waals surface area contributed by atoms with Gasteiger partial charge < -0.3 is 15.0 Å². The normalized spacial score (nSPS) is 4.00. The Hall–Kier alpha value is 1.67. The topological polar surface area (TPSA) is 60.4 Å². The molecule has 0 aromatic carbocycles. The van der Waals surface area contributed by atoms with Gasteiger partial charge in [0, 0.05) is 0 Å². The third-order valence-electron chi connectivity index (χ3n) is 0. The Morgan fingerprint density at radius 1 is 1.67 bits per heavy atom. The molecule has 0 saturated carbocycles. The van der Waals surface area contributed by atoms with Gasteiger partial charge >= 0.3 is 74.4 Å². The second kappa shape index (κ2) is 9.83. The summed E-state index contributed by atoms with van der Waals surface area (Å²) in [5.74, 6) is 0. The Kier molecular flexibility index (Phi) is 25.6. The van der Waals surface area contributed by atoms with Crippen molar-refractivity contribution in [3.63, 3.8) is 0 Å². The number of rotatable bonds is 0. The van der Waals surface area contributed by atoms with Crippen molar-refractivity contribution in [1.29, 1.82) is 0 Å². The van der Waals surface area contributed by atoms with Crippen LogP contribution in [0.15, 0.2) is 0 Å². The van der Waals surface area contributed by atoms with E-state index in [1.165, 1.54) is 0 Å². The van der Waals surface area contributed by atoms with Gasteiger partial charge in [0.05, 0.1) is 0 Å². The van der Waals surface area contributed by atoms with Gasteiger partial charge in [-0.25, -0.2) is 0 Å². The maximum absolute atomic E-state index is 8.44. The molecule has 0 unspecified atom stereocenters. The Morgan fingerprint density at radius 3 is 1.67 bits per heavy atom. The van der Waals surface area contributed by atoms with Gasteiger partial charge in [-0.15, -0.1) is 0 Å². The molecular weight excluding hydrogens is 123 g/mol. The van der Waals surface area contributed by atoms with Gasteiger partial charge in [-0.1, -0.05) is 0 Å². The van der Waals surface area contributed by atoms with Gasteiger partial charge in [0.15, 0.2) is 0 Å². The van der Waals surface area contributed by atoms with E-state index in [1.54, 1.807) is 0 Å². The van der Waals surface area contributed by atoms with Crippen molar-refractivity contribution in [2.75, 3.05) is 0 Å². The number of hydrogen-bond acceptors (Lipinski definition) is 2. The summed E-state index contributed by atoms with van der Waals surface area (Å²) in [4.78, 5) is 8.44. The first kappa shape index (κ1) is 15.6. The van der Waals surface area contributed by atoms with E-state index in [1.807, 2.05) is 0 Å².